The zero-order chi connectivity index (χ0) is 36.1. The first kappa shape index (κ1) is 38.4. The van der Waals surface area contributed by atoms with Crippen LogP contribution >= 0.6 is 0 Å². The van der Waals surface area contributed by atoms with Crippen molar-refractivity contribution in [2.75, 3.05) is 25.9 Å². The fraction of sp³-hybridized carbons (Fsp3) is 0.694. The summed E-state index contributed by atoms with van der Waals surface area (Å²) in [5.41, 5.74) is 5.51. The van der Waals surface area contributed by atoms with Crippen molar-refractivity contribution in [3.63, 3.8) is 0 Å². The predicted molar refractivity (Wildman–Crippen MR) is 191 cm³/mol. The number of unbranched alkanes of at least 4 members (excludes halogenated alkanes) is 1. The van der Waals surface area contributed by atoms with Crippen LogP contribution in [0.2, 0.25) is 5.82 Å². The molecule has 2 saturated heterocycles. The Hall–Kier alpha value is -3.45. The summed E-state index contributed by atoms with van der Waals surface area (Å²) in [6, 6.07) is 7.54. The third kappa shape index (κ3) is 7.67. The lowest BCUT2D eigenvalue weighted by molar-refractivity contribution is -0.177. The molecule has 0 saturated carbocycles. The van der Waals surface area contributed by atoms with E-state index in [9.17, 15) is 14.4 Å². The summed E-state index contributed by atoms with van der Waals surface area (Å²) >= 11 is 0. The number of nitrogens with one attached hydrogen (secondary N) is 1. The Morgan fingerprint density at radius 2 is 1.84 bits per heavy atom. The number of ketones is 1. The third-order valence-corrected chi connectivity index (χ3v) is 11.5. The number of amides is 1. The molecule has 2 fully saturated rings. The van der Waals surface area contributed by atoms with Crippen molar-refractivity contribution >= 4 is 31.4 Å². The van der Waals surface area contributed by atoms with Gasteiger partial charge in [-0.1, -0.05) is 45.0 Å². The van der Waals surface area contributed by atoms with Gasteiger partial charge in [0, 0.05) is 37.4 Å². The molecule has 12 nitrogen and oxygen atoms in total. The average Bonchev–Trinajstić information content (AvgIpc) is 3.64. The molecule has 0 unspecified atom stereocenters. The maximum absolute atomic E-state index is 13.8. The smallest absolute Gasteiger partial charge is 0.412 e. The molecule has 1 amide bonds. The fourth-order valence-corrected chi connectivity index (χ4v) is 7.97. The number of aromatic nitrogens is 3. The van der Waals surface area contributed by atoms with Crippen molar-refractivity contribution in [1.82, 2.24) is 25.2 Å². The molecule has 49 heavy (non-hydrogen) atoms. The van der Waals surface area contributed by atoms with Crippen molar-refractivity contribution in [3.05, 3.63) is 30.5 Å². The molecule has 0 aliphatic carbocycles. The highest BCUT2D eigenvalue weighted by Crippen LogP contribution is 2.45. The van der Waals surface area contributed by atoms with Crippen LogP contribution in [0.15, 0.2) is 30.5 Å². The summed E-state index contributed by atoms with van der Waals surface area (Å²) in [5, 5.41) is 12.4. The first-order chi connectivity index (χ1) is 23.2. The summed E-state index contributed by atoms with van der Waals surface area (Å²) in [7, 11) is 3.72. The second-order valence-electron chi connectivity index (χ2n) is 14.6. The number of hydrogen-bond donors (Lipinski definition) is 2. The lowest BCUT2D eigenvalue weighted by Crippen LogP contribution is -2.70. The molecule has 3 heterocycles. The van der Waals surface area contributed by atoms with Gasteiger partial charge in [-0.3, -0.25) is 24.5 Å². The molecule has 0 radical (unpaired) electrons. The monoisotopic (exact) mass is 680 g/mol. The van der Waals surface area contributed by atoms with Gasteiger partial charge in [-0.25, -0.2) is 4.79 Å². The van der Waals surface area contributed by atoms with Crippen LogP contribution in [0.4, 0.5) is 10.5 Å². The molecule has 8 atom stereocenters. The number of carbonyl (C=O) groups excluding carboxylic acids is 3. The lowest BCUT2D eigenvalue weighted by Gasteiger charge is -2.48. The van der Waals surface area contributed by atoms with Crippen LogP contribution in [-0.4, -0.2) is 88.8 Å². The zero-order valence-corrected chi connectivity index (χ0v) is 31.0. The Balaban J connectivity index is 1.58. The topological polar surface area (TPSA) is 151 Å². The number of benzene rings is 1. The predicted octanol–water partition coefficient (Wildman–Crippen LogP) is 4.63. The Kier molecular flexibility index (Phi) is 12.2. The Morgan fingerprint density at radius 3 is 2.49 bits per heavy atom. The minimum absolute atomic E-state index is 0.126. The minimum atomic E-state index is -1.21. The maximum atomic E-state index is 13.8. The standard InChI is InChI=1S/C36H57BN6O6/c1-9-29-35(7)36(10-2,39-17-16-23(3)21-34(6,47-8)31(37)24(4)30(44)25(5)32(45)48-29)43(33(46)49-35)19-12-11-18-42-22-28(40-41-42)26-14-13-15-27(38)20-26/h13-15,20,22-25,29,31,39H,9-12,16-19,21,37-38H2,1-8H3/t23-,24+,25-,29-,31-,34-,35-,36+/m1/s1. The van der Waals surface area contributed by atoms with Crippen molar-refractivity contribution < 1.29 is 28.6 Å². The Labute approximate surface area is 292 Å². The molecule has 13 heteroatoms. The molecule has 2 aliphatic heterocycles. The van der Waals surface area contributed by atoms with Gasteiger partial charge in [0.25, 0.3) is 0 Å². The number of methoxy groups -OCH3 is 1. The summed E-state index contributed by atoms with van der Waals surface area (Å²) < 4.78 is 20.3. The van der Waals surface area contributed by atoms with E-state index in [0.29, 0.717) is 44.6 Å². The highest BCUT2D eigenvalue weighted by molar-refractivity contribution is 6.15. The number of nitrogens with two attached hydrogens (primary N) is 1. The number of anilines is 1. The number of aryl methyl sites for hydroxylation is 1. The number of rotatable bonds is 9. The number of nitrogen functional groups attached to an aromatic ring is 1. The Morgan fingerprint density at radius 1 is 1.12 bits per heavy atom. The molecule has 1 aromatic carbocycles. The second kappa shape index (κ2) is 15.6. The number of ether oxygens (including phenoxy) is 3. The number of cyclic esters (lactones) is 1. The molecule has 2 aromatic rings. The van der Waals surface area contributed by atoms with Crippen molar-refractivity contribution in [2.45, 2.75) is 122 Å². The van der Waals surface area contributed by atoms with Gasteiger partial charge >= 0.3 is 12.1 Å². The number of carbonyl (C=O) groups is 3. The van der Waals surface area contributed by atoms with Crippen LogP contribution in [0.25, 0.3) is 11.3 Å². The van der Waals surface area contributed by atoms with E-state index in [1.807, 2.05) is 72.9 Å². The van der Waals surface area contributed by atoms with Crippen molar-refractivity contribution in [2.24, 2.45) is 17.8 Å². The van der Waals surface area contributed by atoms with Gasteiger partial charge in [-0.15, -0.1) is 5.10 Å². The SMILES string of the molecule is B[C@@H]1[C@@H](C)C(=O)[C@@H](C)C(=O)O[C@H](CC)[C@@]2(C)OC(=O)N(CCCCn3cc(-c4cccc(N)c4)nn3)[C@]2(CC)NCC[C@@H](C)C[C@@]1(C)OC. The summed E-state index contributed by atoms with van der Waals surface area (Å²) in [6.07, 6.45) is 4.55. The molecule has 270 valence electrons. The molecule has 0 bridgehead atoms. The van der Waals surface area contributed by atoms with E-state index in [4.69, 9.17) is 19.9 Å². The molecule has 1 aromatic heterocycles. The number of nitrogens with zero attached hydrogens (tertiary/aromatic N) is 4. The van der Waals surface area contributed by atoms with Gasteiger partial charge in [0.15, 0.2) is 5.60 Å². The quantitative estimate of drug-likeness (QED) is 0.126. The molecular weight excluding hydrogens is 623 g/mol. The number of Topliss-reactive ketones (excluding diaryl/α,β-unsaturated/α-hetero) is 1. The van der Waals surface area contributed by atoms with E-state index in [1.165, 1.54) is 0 Å². The van der Waals surface area contributed by atoms with Crippen LogP contribution in [0.3, 0.4) is 0 Å². The zero-order valence-electron chi connectivity index (χ0n) is 31.0. The molecule has 3 N–H and O–H groups in total. The van der Waals surface area contributed by atoms with Gasteiger partial charge in [-0.2, -0.15) is 0 Å². The molecule has 0 spiro atoms. The minimum Gasteiger partial charge on any atom is -0.457 e. The summed E-state index contributed by atoms with van der Waals surface area (Å²) in [5.74, 6) is -2.07. The van der Waals surface area contributed by atoms with Crippen LogP contribution in [0.1, 0.15) is 87.0 Å². The lowest BCUT2D eigenvalue weighted by atomic mass is 9.62. The van der Waals surface area contributed by atoms with Gasteiger partial charge in [0.1, 0.15) is 37.0 Å². The average molecular weight is 681 g/mol. The van der Waals surface area contributed by atoms with Gasteiger partial charge in [0.05, 0.1) is 11.8 Å². The van der Waals surface area contributed by atoms with E-state index in [0.717, 1.165) is 30.5 Å². The highest BCUT2D eigenvalue weighted by atomic mass is 16.6. The van der Waals surface area contributed by atoms with Gasteiger partial charge in [-0.05, 0) is 89.7 Å². The van der Waals surface area contributed by atoms with Crippen LogP contribution in [-0.2, 0) is 30.3 Å². The maximum Gasteiger partial charge on any atom is 0.412 e. The fourth-order valence-electron chi connectivity index (χ4n) is 7.97. The normalized spacial score (nSPS) is 33.3. The molecule has 4 rings (SSSR count). The summed E-state index contributed by atoms with van der Waals surface area (Å²) in [6.45, 7) is 15.2. The van der Waals surface area contributed by atoms with Crippen molar-refractivity contribution in [1.29, 1.82) is 0 Å². The highest BCUT2D eigenvalue weighted by Gasteiger charge is 2.65. The van der Waals surface area contributed by atoms with E-state index >= 15 is 0 Å². The van der Waals surface area contributed by atoms with E-state index in [1.54, 1.807) is 23.6 Å². The Bertz CT molecular complexity index is 1470. The van der Waals surface area contributed by atoms with E-state index in [2.05, 4.69) is 22.6 Å². The van der Waals surface area contributed by atoms with Crippen LogP contribution in [0, 0.1) is 17.8 Å². The van der Waals surface area contributed by atoms with Crippen LogP contribution < -0.4 is 11.1 Å². The van der Waals surface area contributed by atoms with Crippen LogP contribution in [0.5, 0.6) is 0 Å². The molecular formula is C36H57BN6O6. The number of hydrogen-bond acceptors (Lipinski definition) is 10. The third-order valence-electron chi connectivity index (χ3n) is 11.5. The number of esters is 1. The number of fused-ring (bicyclic) bond motifs is 1. The van der Waals surface area contributed by atoms with Gasteiger partial charge < -0.3 is 19.9 Å². The van der Waals surface area contributed by atoms with E-state index < -0.39 is 46.9 Å². The first-order valence-corrected chi connectivity index (χ1v) is 18.0. The summed E-state index contributed by atoms with van der Waals surface area (Å²) in [4.78, 5) is 42.9. The largest absolute Gasteiger partial charge is 0.457 e. The second-order valence-corrected chi connectivity index (χ2v) is 14.6. The van der Waals surface area contributed by atoms with Gasteiger partial charge in [0.2, 0.25) is 0 Å². The molecule has 2 aliphatic rings. The van der Waals surface area contributed by atoms with Crippen molar-refractivity contribution in [3.8, 4) is 11.3 Å². The van der Waals surface area contributed by atoms with E-state index in [-0.39, 0.29) is 17.5 Å². The first-order valence-electron chi connectivity index (χ1n) is 18.0.